The first-order valence-corrected chi connectivity index (χ1v) is 2.97. The smallest absolute Gasteiger partial charge is 0.348 e. The number of hydrogen-bond acceptors (Lipinski definition) is 4. The van der Waals surface area contributed by atoms with Crippen molar-refractivity contribution in [2.45, 2.75) is 0 Å². The maximum atomic E-state index is 10.9. The van der Waals surface area contributed by atoms with Crippen molar-refractivity contribution in [3.63, 3.8) is 0 Å². The van der Waals surface area contributed by atoms with Gasteiger partial charge in [0.1, 0.15) is 0 Å². The number of aromatic nitrogens is 4. The van der Waals surface area contributed by atoms with Crippen molar-refractivity contribution >= 4 is 11.6 Å². The Labute approximate surface area is 60.7 Å². The van der Waals surface area contributed by atoms with Gasteiger partial charge in [-0.05, 0) is 6.07 Å². The van der Waals surface area contributed by atoms with Gasteiger partial charge in [-0.3, -0.25) is 0 Å². The number of rotatable bonds is 0. The van der Waals surface area contributed by atoms with Crippen LogP contribution in [0.15, 0.2) is 17.1 Å². The standard InChI is InChI=1S/C5H5N5O/c6-4-8-3-1-2-7-5(11)10(3)9-4/h1-2H,(H2,6,9)(H,7,11). The molecule has 0 spiro atoms. The maximum Gasteiger partial charge on any atom is 0.348 e. The molecule has 0 aliphatic carbocycles. The lowest BCUT2D eigenvalue weighted by Crippen LogP contribution is -2.16. The summed E-state index contributed by atoms with van der Waals surface area (Å²) in [5.41, 5.74) is 5.37. The number of H-pyrrole nitrogens is 1. The summed E-state index contributed by atoms with van der Waals surface area (Å²) in [5, 5.41) is 3.65. The Morgan fingerprint density at radius 1 is 1.64 bits per heavy atom. The zero-order valence-electron chi connectivity index (χ0n) is 5.48. The fourth-order valence-corrected chi connectivity index (χ4v) is 0.847. The number of hydrogen-bond donors (Lipinski definition) is 2. The van der Waals surface area contributed by atoms with Crippen LogP contribution in [0, 0.1) is 0 Å². The highest BCUT2D eigenvalue weighted by Crippen LogP contribution is 1.94. The monoisotopic (exact) mass is 151 g/mol. The second-order valence-electron chi connectivity index (χ2n) is 2.02. The van der Waals surface area contributed by atoms with E-state index in [1.54, 1.807) is 6.07 Å². The van der Waals surface area contributed by atoms with E-state index < -0.39 is 0 Å². The molecule has 0 bridgehead atoms. The molecule has 11 heavy (non-hydrogen) atoms. The molecule has 0 aliphatic rings. The molecule has 0 saturated heterocycles. The number of nitrogens with two attached hydrogens (primary N) is 1. The lowest BCUT2D eigenvalue weighted by Gasteiger charge is -1.84. The van der Waals surface area contributed by atoms with Gasteiger partial charge in [-0.2, -0.15) is 9.50 Å². The summed E-state index contributed by atoms with van der Waals surface area (Å²) >= 11 is 0. The highest BCUT2D eigenvalue weighted by atomic mass is 16.1. The van der Waals surface area contributed by atoms with E-state index in [1.165, 1.54) is 6.20 Å². The van der Waals surface area contributed by atoms with Crippen molar-refractivity contribution in [3.8, 4) is 0 Å². The van der Waals surface area contributed by atoms with E-state index >= 15 is 0 Å². The first-order valence-electron chi connectivity index (χ1n) is 2.97. The van der Waals surface area contributed by atoms with Gasteiger partial charge in [-0.15, -0.1) is 5.10 Å². The molecule has 0 amide bonds. The third kappa shape index (κ3) is 0.759. The molecule has 6 heteroatoms. The molecular formula is C5H5N5O. The van der Waals surface area contributed by atoms with E-state index in [2.05, 4.69) is 15.1 Å². The van der Waals surface area contributed by atoms with Gasteiger partial charge in [-0.25, -0.2) is 4.79 Å². The summed E-state index contributed by atoms with van der Waals surface area (Å²) in [5.74, 6) is 0.0988. The van der Waals surface area contributed by atoms with E-state index in [4.69, 9.17) is 5.73 Å². The van der Waals surface area contributed by atoms with Crippen molar-refractivity contribution in [2.24, 2.45) is 0 Å². The Balaban J connectivity index is 3.02. The van der Waals surface area contributed by atoms with Gasteiger partial charge in [0.25, 0.3) is 0 Å². The molecule has 0 aromatic carbocycles. The fraction of sp³-hybridized carbons (Fsp3) is 0. The first-order chi connectivity index (χ1) is 5.27. The fourth-order valence-electron chi connectivity index (χ4n) is 0.847. The average molecular weight is 151 g/mol. The SMILES string of the molecule is Nc1nc2cc[nH]c(=O)n2n1. The quantitative estimate of drug-likeness (QED) is 0.505. The van der Waals surface area contributed by atoms with E-state index in [9.17, 15) is 4.79 Å². The number of nitrogens with zero attached hydrogens (tertiary/aromatic N) is 3. The van der Waals surface area contributed by atoms with Crippen LogP contribution in [-0.4, -0.2) is 19.6 Å². The summed E-state index contributed by atoms with van der Waals surface area (Å²) in [6.07, 6.45) is 1.49. The van der Waals surface area contributed by atoms with Gasteiger partial charge >= 0.3 is 5.69 Å². The van der Waals surface area contributed by atoms with E-state index in [0.29, 0.717) is 5.65 Å². The third-order valence-electron chi connectivity index (χ3n) is 1.28. The number of anilines is 1. The molecule has 0 radical (unpaired) electrons. The Bertz CT molecular complexity index is 441. The topological polar surface area (TPSA) is 89.1 Å². The van der Waals surface area contributed by atoms with Crippen molar-refractivity contribution in [1.82, 2.24) is 19.6 Å². The molecule has 3 N–H and O–H groups in total. The third-order valence-corrected chi connectivity index (χ3v) is 1.28. The van der Waals surface area contributed by atoms with Crippen LogP contribution in [0.4, 0.5) is 5.95 Å². The number of aromatic amines is 1. The molecular weight excluding hydrogens is 146 g/mol. The van der Waals surface area contributed by atoms with Crippen molar-refractivity contribution in [1.29, 1.82) is 0 Å². The molecule has 0 saturated carbocycles. The molecule has 6 nitrogen and oxygen atoms in total. The molecule has 0 atom stereocenters. The van der Waals surface area contributed by atoms with E-state index in [0.717, 1.165) is 4.52 Å². The van der Waals surface area contributed by atoms with Crippen LogP contribution in [0.1, 0.15) is 0 Å². The van der Waals surface area contributed by atoms with Crippen LogP contribution in [0.2, 0.25) is 0 Å². The van der Waals surface area contributed by atoms with Crippen molar-refractivity contribution < 1.29 is 0 Å². The van der Waals surface area contributed by atoms with Gasteiger partial charge in [0.2, 0.25) is 5.95 Å². The van der Waals surface area contributed by atoms with Crippen molar-refractivity contribution in [3.05, 3.63) is 22.7 Å². The second kappa shape index (κ2) is 1.82. The van der Waals surface area contributed by atoms with E-state index in [-0.39, 0.29) is 11.6 Å². The average Bonchev–Trinajstić information content (AvgIpc) is 2.31. The normalized spacial score (nSPS) is 10.5. The second-order valence-corrected chi connectivity index (χ2v) is 2.02. The molecule has 2 heterocycles. The highest BCUT2D eigenvalue weighted by Gasteiger charge is 1.99. The number of fused-ring (bicyclic) bond motifs is 1. The first kappa shape index (κ1) is 5.90. The summed E-state index contributed by atoms with van der Waals surface area (Å²) in [7, 11) is 0. The summed E-state index contributed by atoms with van der Waals surface area (Å²) in [4.78, 5) is 17.2. The number of nitrogen functional groups attached to an aromatic ring is 1. The van der Waals surface area contributed by atoms with Gasteiger partial charge in [-0.1, -0.05) is 0 Å². The minimum atomic E-state index is -0.341. The van der Waals surface area contributed by atoms with Crippen LogP contribution >= 0.6 is 0 Å². The predicted molar refractivity (Wildman–Crippen MR) is 38.0 cm³/mol. The van der Waals surface area contributed by atoms with Crippen LogP contribution in [-0.2, 0) is 0 Å². The van der Waals surface area contributed by atoms with Crippen molar-refractivity contribution in [2.75, 3.05) is 5.73 Å². The maximum absolute atomic E-state index is 10.9. The molecule has 2 rings (SSSR count). The minimum Gasteiger partial charge on any atom is -0.366 e. The Kier molecular flexibility index (Phi) is 0.974. The van der Waals surface area contributed by atoms with Gasteiger partial charge in [0, 0.05) is 6.20 Å². The molecule has 0 fully saturated rings. The lowest BCUT2D eigenvalue weighted by molar-refractivity contribution is 0.872. The minimum absolute atomic E-state index is 0.0988. The Hall–Kier alpha value is -1.85. The van der Waals surface area contributed by atoms with Crippen LogP contribution in [0.5, 0.6) is 0 Å². The molecule has 2 aromatic heterocycles. The predicted octanol–water partition coefficient (Wildman–Crippen LogP) is -1.00. The van der Waals surface area contributed by atoms with Crippen LogP contribution in [0.3, 0.4) is 0 Å². The molecule has 0 aliphatic heterocycles. The van der Waals surface area contributed by atoms with Crippen LogP contribution in [0.25, 0.3) is 5.65 Å². The summed E-state index contributed by atoms with van der Waals surface area (Å²) < 4.78 is 1.11. The lowest BCUT2D eigenvalue weighted by atomic mass is 10.6. The summed E-state index contributed by atoms with van der Waals surface area (Å²) in [6, 6.07) is 1.62. The van der Waals surface area contributed by atoms with Gasteiger partial charge in [0.05, 0.1) is 0 Å². The zero-order valence-corrected chi connectivity index (χ0v) is 5.48. The largest absolute Gasteiger partial charge is 0.366 e. The molecule has 56 valence electrons. The van der Waals surface area contributed by atoms with Gasteiger partial charge < -0.3 is 10.7 Å². The highest BCUT2D eigenvalue weighted by molar-refractivity contribution is 5.39. The zero-order chi connectivity index (χ0) is 7.84. The van der Waals surface area contributed by atoms with Gasteiger partial charge in [0.15, 0.2) is 5.65 Å². The van der Waals surface area contributed by atoms with E-state index in [1.807, 2.05) is 0 Å². The Morgan fingerprint density at radius 2 is 2.45 bits per heavy atom. The molecule has 0 unspecified atom stereocenters. The Morgan fingerprint density at radius 3 is 3.18 bits per heavy atom. The summed E-state index contributed by atoms with van der Waals surface area (Å²) in [6.45, 7) is 0. The number of nitrogens with one attached hydrogen (secondary N) is 1. The van der Waals surface area contributed by atoms with Crippen LogP contribution < -0.4 is 11.4 Å². The molecule has 2 aromatic rings.